The molecule has 1 aliphatic carbocycles. The number of fused-ring (bicyclic) bond motifs is 1. The fourth-order valence-corrected chi connectivity index (χ4v) is 6.96. The van der Waals surface area contributed by atoms with Gasteiger partial charge < -0.3 is 19.3 Å². The first-order valence-corrected chi connectivity index (χ1v) is 17.1. The van der Waals surface area contributed by atoms with Gasteiger partial charge in [-0.1, -0.05) is 19.9 Å². The zero-order valence-corrected chi connectivity index (χ0v) is 28.5. The first kappa shape index (κ1) is 34.3. The Balaban J connectivity index is 0.00000213. The molecule has 3 aromatic rings. The number of halogens is 1. The van der Waals surface area contributed by atoms with Gasteiger partial charge in [-0.3, -0.25) is 14.7 Å². The molecule has 6 rings (SSSR count). The Morgan fingerprint density at radius 2 is 1.96 bits per heavy atom. The van der Waals surface area contributed by atoms with Crippen molar-refractivity contribution in [1.82, 2.24) is 24.8 Å². The lowest BCUT2D eigenvalue weighted by atomic mass is 9.61. The fourth-order valence-electron chi connectivity index (χ4n) is 6.96. The van der Waals surface area contributed by atoms with Crippen molar-refractivity contribution in [3.63, 3.8) is 0 Å². The lowest BCUT2D eigenvalue weighted by Gasteiger charge is -2.59. The van der Waals surface area contributed by atoms with Gasteiger partial charge in [0.25, 0.3) is 5.91 Å². The number of carbonyl (C=O) groups excluding carboxylic acids is 1. The molecule has 9 nitrogen and oxygen atoms in total. The molecule has 0 N–H and O–H groups in total. The molecular formula is C37H49FN6O3. The quantitative estimate of drug-likeness (QED) is 0.153. The summed E-state index contributed by atoms with van der Waals surface area (Å²) in [6.45, 7) is 18.8. The van der Waals surface area contributed by atoms with Gasteiger partial charge in [0.1, 0.15) is 29.7 Å². The van der Waals surface area contributed by atoms with E-state index in [0.29, 0.717) is 18.1 Å². The van der Waals surface area contributed by atoms with Crippen molar-refractivity contribution < 1.29 is 18.7 Å². The van der Waals surface area contributed by atoms with E-state index in [-0.39, 0.29) is 34.8 Å². The highest BCUT2D eigenvalue weighted by molar-refractivity contribution is 5.97. The van der Waals surface area contributed by atoms with Gasteiger partial charge in [0, 0.05) is 68.1 Å². The molecule has 47 heavy (non-hydrogen) atoms. The number of rotatable bonds is 12. The summed E-state index contributed by atoms with van der Waals surface area (Å²) in [6, 6.07) is 6.02. The van der Waals surface area contributed by atoms with E-state index >= 15 is 0 Å². The van der Waals surface area contributed by atoms with Gasteiger partial charge in [0.2, 0.25) is 0 Å². The smallest absolute Gasteiger partial charge is 0.257 e. The van der Waals surface area contributed by atoms with Crippen LogP contribution in [0.4, 0.5) is 10.2 Å². The highest BCUT2D eigenvalue weighted by Gasteiger charge is 2.54. The molecule has 1 saturated heterocycles. The van der Waals surface area contributed by atoms with Gasteiger partial charge in [-0.2, -0.15) is 0 Å². The van der Waals surface area contributed by atoms with Crippen molar-refractivity contribution in [2.75, 3.05) is 37.6 Å². The second-order valence-corrected chi connectivity index (χ2v) is 12.8. The molecule has 10 heteroatoms. The topological polar surface area (TPSA) is 83.9 Å². The maximum atomic E-state index is 14.3. The molecule has 252 valence electrons. The van der Waals surface area contributed by atoms with Crippen LogP contribution in [-0.2, 0) is 13.0 Å². The second-order valence-electron chi connectivity index (χ2n) is 12.8. The highest BCUT2D eigenvalue weighted by atomic mass is 19.1. The van der Waals surface area contributed by atoms with E-state index in [1.807, 2.05) is 53.0 Å². The molecule has 0 unspecified atom stereocenters. The number of hydrogen-bond donors (Lipinski definition) is 0. The first-order valence-electron chi connectivity index (χ1n) is 17.1. The van der Waals surface area contributed by atoms with Crippen LogP contribution in [0.1, 0.15) is 81.9 Å². The number of aromatic nitrogens is 3. The van der Waals surface area contributed by atoms with Crippen LogP contribution in [0, 0.1) is 11.2 Å². The molecule has 3 aliphatic rings. The predicted octanol–water partition coefficient (Wildman–Crippen LogP) is 7.07. The van der Waals surface area contributed by atoms with Gasteiger partial charge in [0.05, 0.1) is 11.8 Å². The van der Waals surface area contributed by atoms with Crippen molar-refractivity contribution in [3.05, 3.63) is 78.3 Å². The largest absolute Gasteiger partial charge is 0.490 e. The van der Waals surface area contributed by atoms with Gasteiger partial charge in [-0.25, -0.2) is 14.4 Å². The Morgan fingerprint density at radius 3 is 2.68 bits per heavy atom. The molecule has 1 aromatic carbocycles. The number of benzene rings is 1. The van der Waals surface area contributed by atoms with E-state index < -0.39 is 5.82 Å². The fraction of sp³-hybridized carbons (Fsp3) is 0.514. The van der Waals surface area contributed by atoms with Crippen LogP contribution in [0.3, 0.4) is 0 Å². The van der Waals surface area contributed by atoms with Crippen LogP contribution in [0.25, 0.3) is 0 Å². The molecule has 0 radical (unpaired) electrons. The molecule has 2 fully saturated rings. The Bertz CT molecular complexity index is 1530. The molecule has 1 amide bonds. The third-order valence-electron chi connectivity index (χ3n) is 9.27. The van der Waals surface area contributed by atoms with Crippen LogP contribution in [0.2, 0.25) is 0 Å². The van der Waals surface area contributed by atoms with E-state index in [9.17, 15) is 9.18 Å². The van der Waals surface area contributed by atoms with Crippen LogP contribution < -0.4 is 14.4 Å². The molecule has 1 saturated carbocycles. The Hall–Kier alpha value is -4.05. The molecule has 2 aliphatic heterocycles. The number of allylic oxidation sites excluding steroid dienone is 1. The minimum atomic E-state index is -0.491. The molecule has 0 bridgehead atoms. The summed E-state index contributed by atoms with van der Waals surface area (Å²) in [5.74, 6) is 1.59. The van der Waals surface area contributed by atoms with Crippen LogP contribution in [-0.4, -0.2) is 75.5 Å². The van der Waals surface area contributed by atoms with Gasteiger partial charge in [-0.15, -0.1) is 6.58 Å². The second kappa shape index (κ2) is 15.2. The molecule has 4 heterocycles. The first-order chi connectivity index (χ1) is 22.8. The molecular weight excluding hydrogens is 595 g/mol. The summed E-state index contributed by atoms with van der Waals surface area (Å²) in [5, 5.41) is 0. The monoisotopic (exact) mass is 644 g/mol. The van der Waals surface area contributed by atoms with Crippen molar-refractivity contribution in [2.24, 2.45) is 5.41 Å². The maximum absolute atomic E-state index is 14.3. The van der Waals surface area contributed by atoms with Crippen LogP contribution in [0.5, 0.6) is 17.2 Å². The lowest BCUT2D eigenvalue weighted by Crippen LogP contribution is -2.65. The molecule has 1 spiro atoms. The minimum absolute atomic E-state index is 0.0344. The number of carbonyl (C=O) groups is 1. The van der Waals surface area contributed by atoms with E-state index in [1.54, 1.807) is 11.1 Å². The lowest BCUT2D eigenvalue weighted by molar-refractivity contribution is -0.0352. The van der Waals surface area contributed by atoms with E-state index in [4.69, 9.17) is 9.47 Å². The van der Waals surface area contributed by atoms with Gasteiger partial charge in [-0.05, 0) is 77.3 Å². The number of anilines is 1. The number of nitrogens with zero attached hydrogens (tertiary/aromatic N) is 6. The average molecular weight is 645 g/mol. The summed E-state index contributed by atoms with van der Waals surface area (Å²) >= 11 is 0. The van der Waals surface area contributed by atoms with Gasteiger partial charge in [0.15, 0.2) is 11.6 Å². The highest BCUT2D eigenvalue weighted by Crippen LogP contribution is 2.52. The van der Waals surface area contributed by atoms with Crippen LogP contribution >= 0.6 is 0 Å². The number of ether oxygens (including phenoxy) is 2. The van der Waals surface area contributed by atoms with Crippen molar-refractivity contribution >= 4 is 11.7 Å². The minimum Gasteiger partial charge on any atom is -0.490 e. The van der Waals surface area contributed by atoms with Crippen molar-refractivity contribution in [3.8, 4) is 17.2 Å². The van der Waals surface area contributed by atoms with E-state index in [1.165, 1.54) is 30.1 Å². The zero-order chi connectivity index (χ0) is 33.6. The summed E-state index contributed by atoms with van der Waals surface area (Å²) in [6.07, 6.45) is 12.2. The predicted molar refractivity (Wildman–Crippen MR) is 183 cm³/mol. The Morgan fingerprint density at radius 1 is 1.17 bits per heavy atom. The molecule has 0 atom stereocenters. The summed E-state index contributed by atoms with van der Waals surface area (Å²) in [4.78, 5) is 33.0. The SMILES string of the molecule is C=CCCCN1CCc2nccc(OC3CC4(C3)CN(c3ncncc3Oc3ccc(F)cc3C(=O)N(CC)C(C)C)C4)c2C1.CC. The van der Waals surface area contributed by atoms with E-state index in [0.717, 1.165) is 76.3 Å². The standard InChI is InChI=1S/C35H43FN6O3.C2H6/c1-5-7-8-14-40-15-12-29-28(20-40)31(11-13-38-29)44-26-17-35(18-26)21-41(22-35)33-32(19-37-23-39-33)45-30-10-9-25(36)16-27(30)34(43)42(6-2)24(3)4;1-2/h5,9-11,13,16,19,23-24,26H,1,6-8,12,14-15,17-18,20-22H2,2-4H3;1-2H3. The van der Waals surface area contributed by atoms with Crippen molar-refractivity contribution in [2.45, 2.75) is 85.4 Å². The zero-order valence-electron chi connectivity index (χ0n) is 28.5. The number of amides is 1. The summed E-state index contributed by atoms with van der Waals surface area (Å²) in [5.41, 5.74) is 2.74. The van der Waals surface area contributed by atoms with Crippen molar-refractivity contribution in [1.29, 1.82) is 0 Å². The third kappa shape index (κ3) is 7.59. The number of hydrogen-bond acceptors (Lipinski definition) is 8. The summed E-state index contributed by atoms with van der Waals surface area (Å²) in [7, 11) is 0. The number of unbranched alkanes of at least 4 members (excludes halogenated alkanes) is 1. The normalized spacial score (nSPS) is 16.8. The van der Waals surface area contributed by atoms with E-state index in [2.05, 4.69) is 31.3 Å². The Labute approximate surface area is 278 Å². The number of pyridine rings is 1. The summed E-state index contributed by atoms with van der Waals surface area (Å²) < 4.78 is 27.1. The average Bonchev–Trinajstić information content (AvgIpc) is 3.04. The van der Waals surface area contributed by atoms with Crippen LogP contribution in [0.15, 0.2) is 55.6 Å². The van der Waals surface area contributed by atoms with Gasteiger partial charge >= 0.3 is 0 Å². The molecule has 2 aromatic heterocycles. The Kier molecular flexibility index (Phi) is 11.1. The maximum Gasteiger partial charge on any atom is 0.257 e. The third-order valence-corrected chi connectivity index (χ3v) is 9.27.